The Bertz CT molecular complexity index is 458. The summed E-state index contributed by atoms with van der Waals surface area (Å²) in [5, 5.41) is 0. The van der Waals surface area contributed by atoms with Gasteiger partial charge in [0.05, 0.1) is 31.8 Å². The summed E-state index contributed by atoms with van der Waals surface area (Å²) < 4.78 is 17.0. The summed E-state index contributed by atoms with van der Waals surface area (Å²) in [6, 6.07) is 2.59. The minimum absolute atomic E-state index is 0.410. The first kappa shape index (κ1) is 14.7. The number of nitrogens with zero attached hydrogens (tertiary/aromatic N) is 2. The van der Waals surface area contributed by atoms with Crippen LogP contribution >= 0.6 is 0 Å². The smallest absolute Gasteiger partial charge is 0.0947 e. The largest absolute Gasteiger partial charge is 0.472 e. The highest BCUT2D eigenvalue weighted by Gasteiger charge is 2.42. The number of rotatable bonds is 3. The van der Waals surface area contributed by atoms with Crippen molar-refractivity contribution in [2.24, 2.45) is 5.92 Å². The number of furan rings is 1. The van der Waals surface area contributed by atoms with Crippen molar-refractivity contribution in [1.29, 1.82) is 0 Å². The molecule has 1 aromatic rings. The molecule has 0 amide bonds. The molecule has 122 valence electrons. The van der Waals surface area contributed by atoms with E-state index in [4.69, 9.17) is 13.9 Å². The van der Waals surface area contributed by atoms with Gasteiger partial charge in [0.1, 0.15) is 0 Å². The second-order valence-corrected chi connectivity index (χ2v) is 6.78. The average molecular weight is 306 g/mol. The van der Waals surface area contributed by atoms with Crippen LogP contribution in [0.2, 0.25) is 0 Å². The number of fused-ring (bicyclic) bond motifs is 1. The maximum atomic E-state index is 6.20. The lowest BCUT2D eigenvalue weighted by Crippen LogP contribution is -2.62. The van der Waals surface area contributed by atoms with Gasteiger partial charge in [0.15, 0.2) is 0 Å². The SMILES string of the molecule is c1cc(CN2C[C@H]3CCCO[C@H]3[C@@H](N3CCOCC3)C2)co1. The third kappa shape index (κ3) is 3.08. The molecule has 0 unspecified atom stereocenters. The number of likely N-dealkylation sites (tertiary alicyclic amines) is 1. The molecule has 3 saturated heterocycles. The van der Waals surface area contributed by atoms with E-state index in [1.54, 1.807) is 6.26 Å². The average Bonchev–Trinajstić information content (AvgIpc) is 3.08. The van der Waals surface area contributed by atoms with Gasteiger partial charge in [-0.25, -0.2) is 0 Å². The van der Waals surface area contributed by atoms with E-state index >= 15 is 0 Å². The Morgan fingerprint density at radius 1 is 1.14 bits per heavy atom. The van der Waals surface area contributed by atoms with Crippen molar-refractivity contribution in [2.45, 2.75) is 31.5 Å². The van der Waals surface area contributed by atoms with Crippen LogP contribution in [0.3, 0.4) is 0 Å². The van der Waals surface area contributed by atoms with Crippen molar-refractivity contribution in [2.75, 3.05) is 46.0 Å². The Morgan fingerprint density at radius 3 is 2.86 bits per heavy atom. The quantitative estimate of drug-likeness (QED) is 0.848. The molecule has 3 atom stereocenters. The van der Waals surface area contributed by atoms with Crippen LogP contribution in [0.25, 0.3) is 0 Å². The fourth-order valence-corrected chi connectivity index (χ4v) is 4.26. The minimum Gasteiger partial charge on any atom is -0.472 e. The van der Waals surface area contributed by atoms with Crippen LogP contribution in [-0.4, -0.2) is 67.9 Å². The summed E-state index contributed by atoms with van der Waals surface area (Å²) in [6.07, 6.45) is 6.55. The summed E-state index contributed by atoms with van der Waals surface area (Å²) in [5.41, 5.74) is 1.27. The van der Waals surface area contributed by atoms with E-state index < -0.39 is 0 Å². The lowest BCUT2D eigenvalue weighted by atomic mass is 9.84. The topological polar surface area (TPSA) is 38.1 Å². The van der Waals surface area contributed by atoms with Crippen molar-refractivity contribution in [3.8, 4) is 0 Å². The molecular formula is C17H26N2O3. The van der Waals surface area contributed by atoms with Gasteiger partial charge in [0.25, 0.3) is 0 Å². The van der Waals surface area contributed by atoms with Crippen molar-refractivity contribution in [1.82, 2.24) is 9.80 Å². The van der Waals surface area contributed by atoms with Gasteiger partial charge < -0.3 is 13.9 Å². The molecule has 0 N–H and O–H groups in total. The molecule has 0 radical (unpaired) electrons. The number of morpholine rings is 1. The van der Waals surface area contributed by atoms with Crippen LogP contribution in [0.5, 0.6) is 0 Å². The maximum Gasteiger partial charge on any atom is 0.0947 e. The van der Waals surface area contributed by atoms with E-state index in [-0.39, 0.29) is 0 Å². The molecular weight excluding hydrogens is 280 g/mol. The van der Waals surface area contributed by atoms with Crippen molar-refractivity contribution in [3.05, 3.63) is 24.2 Å². The zero-order valence-electron chi connectivity index (χ0n) is 13.2. The molecule has 0 bridgehead atoms. The number of piperidine rings is 1. The molecule has 0 spiro atoms. The van der Waals surface area contributed by atoms with Crippen molar-refractivity contribution in [3.63, 3.8) is 0 Å². The van der Waals surface area contributed by atoms with Crippen LogP contribution in [0.4, 0.5) is 0 Å². The fourth-order valence-electron chi connectivity index (χ4n) is 4.26. The predicted octanol–water partition coefficient (Wildman–Crippen LogP) is 1.59. The Hall–Kier alpha value is -0.880. The predicted molar refractivity (Wildman–Crippen MR) is 82.6 cm³/mol. The second kappa shape index (κ2) is 6.71. The van der Waals surface area contributed by atoms with E-state index in [1.165, 1.54) is 18.4 Å². The van der Waals surface area contributed by atoms with Crippen LogP contribution in [0.1, 0.15) is 18.4 Å². The minimum atomic E-state index is 0.410. The van der Waals surface area contributed by atoms with Gasteiger partial charge >= 0.3 is 0 Å². The molecule has 1 aromatic heterocycles. The normalized spacial score (nSPS) is 34.5. The van der Waals surface area contributed by atoms with Crippen LogP contribution in [0.15, 0.2) is 23.0 Å². The van der Waals surface area contributed by atoms with Crippen LogP contribution in [0, 0.1) is 5.92 Å². The molecule has 3 fully saturated rings. The maximum absolute atomic E-state index is 6.20. The first-order valence-corrected chi connectivity index (χ1v) is 8.57. The van der Waals surface area contributed by atoms with Gasteiger partial charge in [-0.1, -0.05) is 0 Å². The van der Waals surface area contributed by atoms with Gasteiger partial charge in [-0.3, -0.25) is 9.80 Å². The zero-order valence-corrected chi connectivity index (χ0v) is 13.2. The third-order valence-corrected chi connectivity index (χ3v) is 5.31. The Kier molecular flexibility index (Phi) is 4.48. The van der Waals surface area contributed by atoms with Crippen molar-refractivity contribution < 1.29 is 13.9 Å². The van der Waals surface area contributed by atoms with Crippen LogP contribution < -0.4 is 0 Å². The Morgan fingerprint density at radius 2 is 2.05 bits per heavy atom. The number of ether oxygens (including phenoxy) is 2. The highest BCUT2D eigenvalue weighted by molar-refractivity contribution is 5.06. The third-order valence-electron chi connectivity index (χ3n) is 5.31. The first-order chi connectivity index (χ1) is 10.9. The standard InChI is InChI=1S/C17H26N2O3/c1-2-15-11-18(10-14-3-7-21-13-14)12-16(17(15)22-6-1)19-4-8-20-9-5-19/h3,7,13,15-17H,1-2,4-6,8-12H2/t15-,16+,17-/m1/s1. The first-order valence-electron chi connectivity index (χ1n) is 8.57. The molecule has 5 heteroatoms. The Labute approximate surface area is 132 Å². The van der Waals surface area contributed by atoms with E-state index in [0.717, 1.165) is 52.5 Å². The van der Waals surface area contributed by atoms with E-state index in [2.05, 4.69) is 15.9 Å². The molecule has 4 heterocycles. The molecule has 0 saturated carbocycles. The molecule has 4 rings (SSSR count). The van der Waals surface area contributed by atoms with E-state index in [1.807, 2.05) is 6.26 Å². The highest BCUT2D eigenvalue weighted by atomic mass is 16.5. The fraction of sp³-hybridized carbons (Fsp3) is 0.765. The van der Waals surface area contributed by atoms with E-state index in [0.29, 0.717) is 18.1 Å². The summed E-state index contributed by atoms with van der Waals surface area (Å²) in [6.45, 7) is 7.95. The monoisotopic (exact) mass is 306 g/mol. The summed E-state index contributed by atoms with van der Waals surface area (Å²) in [4.78, 5) is 5.18. The zero-order chi connectivity index (χ0) is 14.8. The second-order valence-electron chi connectivity index (χ2n) is 6.78. The van der Waals surface area contributed by atoms with Gasteiger partial charge in [-0.2, -0.15) is 0 Å². The lowest BCUT2D eigenvalue weighted by molar-refractivity contribution is -0.128. The molecule has 3 aliphatic rings. The van der Waals surface area contributed by atoms with Gasteiger partial charge in [-0.15, -0.1) is 0 Å². The molecule has 0 aliphatic carbocycles. The summed E-state index contributed by atoms with van der Waals surface area (Å²) in [7, 11) is 0. The van der Waals surface area contributed by atoms with Gasteiger partial charge in [0, 0.05) is 50.9 Å². The molecule has 3 aliphatic heterocycles. The summed E-state index contributed by atoms with van der Waals surface area (Å²) >= 11 is 0. The molecule has 5 nitrogen and oxygen atoms in total. The molecule has 0 aromatic carbocycles. The van der Waals surface area contributed by atoms with Crippen LogP contribution in [-0.2, 0) is 16.0 Å². The highest BCUT2D eigenvalue weighted by Crippen LogP contribution is 2.32. The number of hydrogen-bond donors (Lipinski definition) is 0. The van der Waals surface area contributed by atoms with Crippen molar-refractivity contribution >= 4 is 0 Å². The molecule has 22 heavy (non-hydrogen) atoms. The summed E-state index contributed by atoms with van der Waals surface area (Å²) in [5.74, 6) is 0.669. The van der Waals surface area contributed by atoms with E-state index in [9.17, 15) is 0 Å². The van der Waals surface area contributed by atoms with Gasteiger partial charge in [0.2, 0.25) is 0 Å². The number of hydrogen-bond acceptors (Lipinski definition) is 5. The van der Waals surface area contributed by atoms with Gasteiger partial charge in [-0.05, 0) is 24.8 Å². The Balaban J connectivity index is 1.48. The lowest BCUT2D eigenvalue weighted by Gasteiger charge is -2.50.